The van der Waals surface area contributed by atoms with E-state index in [1.165, 1.54) is 6.07 Å². The number of ether oxygens (including phenoxy) is 2. The van der Waals surface area contributed by atoms with E-state index in [9.17, 15) is 9.18 Å². The number of nitrogens with one attached hydrogen (secondary N) is 1. The number of amides is 1. The molecule has 0 aromatic heterocycles. The summed E-state index contributed by atoms with van der Waals surface area (Å²) in [6, 6.07) is 31.3. The van der Waals surface area contributed by atoms with Crippen molar-refractivity contribution >= 4 is 27.7 Å². The molecule has 0 saturated heterocycles. The highest BCUT2D eigenvalue weighted by Crippen LogP contribution is 2.42. The van der Waals surface area contributed by atoms with Crippen LogP contribution in [0, 0.1) is 5.82 Å². The molecule has 0 bridgehead atoms. The van der Waals surface area contributed by atoms with E-state index in [1.807, 2.05) is 78.9 Å². The van der Waals surface area contributed by atoms with Gasteiger partial charge in [0.15, 0.2) is 11.6 Å². The average Bonchev–Trinajstić information content (AvgIpc) is 3.40. The molecule has 4 aromatic carbocycles. The molecular formula is C34H32BrFN2O4. The number of aliphatic imine (C=N–C) groups is 1. The number of carbonyl (C=O) groups excluding carboxylic acids is 1. The molecule has 42 heavy (non-hydrogen) atoms. The number of rotatable bonds is 12. The molecular weight excluding hydrogens is 599 g/mol. The van der Waals surface area contributed by atoms with Crippen LogP contribution >= 0.6 is 15.9 Å². The molecule has 1 amide bonds. The molecule has 5 rings (SSSR count). The number of halogens is 2. The van der Waals surface area contributed by atoms with E-state index in [1.54, 1.807) is 18.2 Å². The zero-order valence-electron chi connectivity index (χ0n) is 23.0. The van der Waals surface area contributed by atoms with Crippen molar-refractivity contribution in [2.24, 2.45) is 4.99 Å². The lowest BCUT2D eigenvalue weighted by molar-refractivity contribution is -0.128. The molecule has 4 aromatic rings. The maximum Gasteiger partial charge on any atom is 0.252 e. The lowest BCUT2D eigenvalue weighted by atomic mass is 9.82. The Hall–Kier alpha value is -4.01. The van der Waals surface area contributed by atoms with Gasteiger partial charge in [-0.1, -0.05) is 76.6 Å². The third-order valence-electron chi connectivity index (χ3n) is 7.16. The minimum absolute atomic E-state index is 0.0619. The summed E-state index contributed by atoms with van der Waals surface area (Å²) < 4.78 is 27.4. The van der Waals surface area contributed by atoms with Crippen LogP contribution in [0.4, 0.5) is 4.39 Å². The summed E-state index contributed by atoms with van der Waals surface area (Å²) >= 11 is 3.49. The van der Waals surface area contributed by atoms with Crippen LogP contribution in [0.25, 0.3) is 0 Å². The van der Waals surface area contributed by atoms with Crippen LogP contribution in [0.3, 0.4) is 0 Å². The fourth-order valence-corrected chi connectivity index (χ4v) is 5.25. The highest BCUT2D eigenvalue weighted by molar-refractivity contribution is 9.10. The number of hydrogen-bond acceptors (Lipinski definition) is 5. The largest absolute Gasteiger partial charge is 0.494 e. The van der Waals surface area contributed by atoms with E-state index in [-0.39, 0.29) is 31.3 Å². The van der Waals surface area contributed by atoms with E-state index in [2.05, 4.69) is 21.2 Å². The average molecular weight is 632 g/mol. The second-order valence-corrected chi connectivity index (χ2v) is 11.0. The molecule has 2 N–H and O–H groups in total. The van der Waals surface area contributed by atoms with Crippen LogP contribution in [-0.2, 0) is 22.4 Å². The summed E-state index contributed by atoms with van der Waals surface area (Å²) in [7, 11) is 0. The second-order valence-electron chi connectivity index (χ2n) is 10.1. The summed E-state index contributed by atoms with van der Waals surface area (Å²) in [6.07, 6.45) is 0.474. The number of hydrogen-bond donors (Lipinski definition) is 2. The third kappa shape index (κ3) is 6.89. The Morgan fingerprint density at radius 1 is 0.976 bits per heavy atom. The lowest BCUT2D eigenvalue weighted by Crippen LogP contribution is -2.50. The zero-order valence-corrected chi connectivity index (χ0v) is 24.6. The molecule has 1 heterocycles. The van der Waals surface area contributed by atoms with E-state index < -0.39 is 11.6 Å². The topological polar surface area (TPSA) is 80.2 Å². The molecule has 216 valence electrons. The van der Waals surface area contributed by atoms with Crippen LogP contribution < -0.4 is 10.1 Å². The SMILES string of the molecule is O=C(NCCc1ccccc1F)[C@]1(Cc2ccc(Br)cc2)N=C(c2ccc(OCCCO)cc2)O[C@@H]1c1ccccc1. The van der Waals surface area contributed by atoms with E-state index >= 15 is 0 Å². The fourth-order valence-electron chi connectivity index (χ4n) is 4.99. The number of nitrogens with zero attached hydrogens (tertiary/aromatic N) is 1. The van der Waals surface area contributed by atoms with Crippen molar-refractivity contribution in [2.75, 3.05) is 19.8 Å². The van der Waals surface area contributed by atoms with Crippen molar-refractivity contribution in [3.63, 3.8) is 0 Å². The first-order valence-electron chi connectivity index (χ1n) is 13.9. The van der Waals surface area contributed by atoms with Crippen LogP contribution in [0.15, 0.2) is 113 Å². The van der Waals surface area contributed by atoms with Crippen LogP contribution in [0.2, 0.25) is 0 Å². The second kappa shape index (κ2) is 13.8. The predicted molar refractivity (Wildman–Crippen MR) is 164 cm³/mol. The van der Waals surface area contributed by atoms with Crippen molar-refractivity contribution < 1.29 is 23.8 Å². The molecule has 2 atom stereocenters. The van der Waals surface area contributed by atoms with Crippen molar-refractivity contribution in [3.05, 3.63) is 136 Å². The molecule has 0 aliphatic carbocycles. The molecule has 0 fully saturated rings. The van der Waals surface area contributed by atoms with Gasteiger partial charge in [0.2, 0.25) is 5.90 Å². The minimum Gasteiger partial charge on any atom is -0.494 e. The zero-order chi connectivity index (χ0) is 29.4. The van der Waals surface area contributed by atoms with Gasteiger partial charge >= 0.3 is 0 Å². The Morgan fingerprint density at radius 2 is 1.69 bits per heavy atom. The van der Waals surface area contributed by atoms with Crippen LogP contribution in [0.5, 0.6) is 5.75 Å². The summed E-state index contributed by atoms with van der Waals surface area (Å²) in [5.41, 5.74) is 1.66. The first kappa shape index (κ1) is 29.5. The van der Waals surface area contributed by atoms with Gasteiger partial charge < -0.3 is 19.9 Å². The van der Waals surface area contributed by atoms with E-state index in [0.717, 1.165) is 15.6 Å². The molecule has 0 radical (unpaired) electrons. The van der Waals surface area contributed by atoms with Gasteiger partial charge in [-0.05, 0) is 65.6 Å². The van der Waals surface area contributed by atoms with Gasteiger partial charge in [0.1, 0.15) is 11.6 Å². The highest BCUT2D eigenvalue weighted by atomic mass is 79.9. The minimum atomic E-state index is -1.32. The standard InChI is InChI=1S/C34H32BrFN2O4/c35-28-15-11-24(12-16-28)23-34(33(40)37-20-19-25-7-4-5-10-30(25)36)31(26-8-2-1-3-9-26)42-32(38-34)27-13-17-29(18-14-27)41-22-6-21-39/h1-5,7-18,31,39H,6,19-23H2,(H,37,40)/t31-,34-/m1/s1. The smallest absolute Gasteiger partial charge is 0.252 e. The van der Waals surface area contributed by atoms with Gasteiger partial charge in [-0.15, -0.1) is 0 Å². The van der Waals surface area contributed by atoms with E-state index in [4.69, 9.17) is 19.6 Å². The monoisotopic (exact) mass is 630 g/mol. The van der Waals surface area contributed by atoms with Gasteiger partial charge in [0.25, 0.3) is 5.91 Å². The summed E-state index contributed by atoms with van der Waals surface area (Å²) in [5.74, 6) is 0.422. The Bertz CT molecular complexity index is 1510. The van der Waals surface area contributed by atoms with Crippen molar-refractivity contribution in [3.8, 4) is 5.75 Å². The molecule has 0 unspecified atom stereocenters. The number of aliphatic hydroxyl groups is 1. The quantitative estimate of drug-likeness (QED) is 0.182. The Kier molecular flexibility index (Phi) is 9.66. The van der Waals surface area contributed by atoms with Gasteiger partial charge in [-0.3, -0.25) is 4.79 Å². The molecule has 8 heteroatoms. The molecule has 1 aliphatic rings. The first-order valence-corrected chi connectivity index (χ1v) is 14.7. The van der Waals surface area contributed by atoms with Crippen molar-refractivity contribution in [1.82, 2.24) is 5.32 Å². The van der Waals surface area contributed by atoms with E-state index in [0.29, 0.717) is 42.2 Å². The number of aliphatic hydroxyl groups excluding tert-OH is 1. The number of benzene rings is 4. The fraction of sp³-hybridized carbons (Fsp3) is 0.235. The Morgan fingerprint density at radius 3 is 2.40 bits per heavy atom. The van der Waals surface area contributed by atoms with Crippen molar-refractivity contribution in [1.29, 1.82) is 0 Å². The predicted octanol–water partition coefficient (Wildman–Crippen LogP) is 6.21. The summed E-state index contributed by atoms with van der Waals surface area (Å²) in [4.78, 5) is 19.3. The maximum absolute atomic E-state index is 14.3. The van der Waals surface area contributed by atoms with Crippen molar-refractivity contribution in [2.45, 2.75) is 30.9 Å². The Balaban J connectivity index is 1.50. The van der Waals surface area contributed by atoms with Gasteiger partial charge in [-0.25, -0.2) is 9.38 Å². The maximum atomic E-state index is 14.3. The van der Waals surface area contributed by atoms with Gasteiger partial charge in [0.05, 0.1) is 6.61 Å². The normalized spacial score (nSPS) is 17.8. The van der Waals surface area contributed by atoms with Crippen LogP contribution in [-0.4, -0.2) is 42.2 Å². The lowest BCUT2D eigenvalue weighted by Gasteiger charge is -2.31. The highest BCUT2D eigenvalue weighted by Gasteiger charge is 2.53. The van der Waals surface area contributed by atoms with Gasteiger partial charge in [-0.2, -0.15) is 0 Å². The summed E-state index contributed by atoms with van der Waals surface area (Å²) in [5, 5.41) is 12.1. The summed E-state index contributed by atoms with van der Waals surface area (Å²) in [6.45, 7) is 0.716. The Labute approximate surface area is 253 Å². The molecule has 6 nitrogen and oxygen atoms in total. The first-order chi connectivity index (χ1) is 20.5. The molecule has 1 aliphatic heterocycles. The third-order valence-corrected chi connectivity index (χ3v) is 7.69. The van der Waals surface area contributed by atoms with Gasteiger partial charge in [0, 0.05) is 36.0 Å². The molecule has 0 spiro atoms. The molecule has 0 saturated carbocycles. The number of carbonyl (C=O) groups is 1. The van der Waals surface area contributed by atoms with Crippen LogP contribution in [0.1, 0.15) is 34.8 Å².